The van der Waals surface area contributed by atoms with Crippen LogP contribution in [0.25, 0.3) is 0 Å². The molecule has 1 N–H and O–H groups in total. The van der Waals surface area contributed by atoms with E-state index in [4.69, 9.17) is 0 Å². The largest absolute Gasteiger partial charge is 0.481 e. The minimum absolute atomic E-state index is 0.598. The van der Waals surface area contributed by atoms with E-state index in [1.54, 1.807) is 11.8 Å². The molecule has 1 saturated carbocycles. The van der Waals surface area contributed by atoms with Gasteiger partial charge in [0.2, 0.25) is 0 Å². The molecule has 1 aromatic carbocycles. The van der Waals surface area contributed by atoms with Gasteiger partial charge in [0.1, 0.15) is 0 Å². The van der Waals surface area contributed by atoms with Crippen molar-refractivity contribution in [1.82, 2.24) is 0 Å². The van der Waals surface area contributed by atoms with Gasteiger partial charge < -0.3 is 5.11 Å². The Kier molecular flexibility index (Phi) is 2.74. The van der Waals surface area contributed by atoms with Crippen molar-refractivity contribution in [2.75, 3.05) is 6.26 Å². The average Bonchev–Trinajstić information content (AvgIpc) is 2.16. The number of hydrogen-bond acceptors (Lipinski definition) is 2. The third-order valence-electron chi connectivity index (χ3n) is 3.24. The number of benzene rings is 1. The quantitative estimate of drug-likeness (QED) is 0.799. The number of aliphatic carboxylic acids is 1. The number of hydrogen-bond donors (Lipinski definition) is 1. The van der Waals surface area contributed by atoms with Crippen LogP contribution >= 0.6 is 11.8 Å². The summed E-state index contributed by atoms with van der Waals surface area (Å²) in [6.45, 7) is 0. The van der Waals surface area contributed by atoms with E-state index < -0.39 is 11.4 Å². The first-order chi connectivity index (χ1) is 7.20. The molecule has 2 rings (SSSR count). The molecule has 0 aromatic heterocycles. The summed E-state index contributed by atoms with van der Waals surface area (Å²) in [5, 5.41) is 9.35. The SMILES string of the molecule is CSc1ccccc1C1(C(=O)O)CCC1. The summed E-state index contributed by atoms with van der Waals surface area (Å²) < 4.78 is 0. The first-order valence-electron chi connectivity index (χ1n) is 5.07. The van der Waals surface area contributed by atoms with Gasteiger partial charge in [0.25, 0.3) is 0 Å². The van der Waals surface area contributed by atoms with Crippen LogP contribution < -0.4 is 0 Å². The van der Waals surface area contributed by atoms with Crippen LogP contribution in [0.3, 0.4) is 0 Å². The van der Waals surface area contributed by atoms with Gasteiger partial charge in [-0.05, 0) is 30.7 Å². The summed E-state index contributed by atoms with van der Waals surface area (Å²) in [7, 11) is 0. The van der Waals surface area contributed by atoms with Crippen LogP contribution in [0.4, 0.5) is 0 Å². The van der Waals surface area contributed by atoms with E-state index >= 15 is 0 Å². The number of rotatable bonds is 3. The van der Waals surface area contributed by atoms with Crippen molar-refractivity contribution in [2.45, 2.75) is 29.6 Å². The van der Waals surface area contributed by atoms with E-state index in [0.717, 1.165) is 29.7 Å². The second kappa shape index (κ2) is 3.89. The molecule has 1 aromatic rings. The van der Waals surface area contributed by atoms with E-state index in [9.17, 15) is 9.90 Å². The normalized spacial score (nSPS) is 18.2. The maximum Gasteiger partial charge on any atom is 0.314 e. The molecule has 0 spiro atoms. The van der Waals surface area contributed by atoms with Gasteiger partial charge in [-0.15, -0.1) is 11.8 Å². The molecular weight excluding hydrogens is 208 g/mol. The number of thioether (sulfide) groups is 1. The zero-order chi connectivity index (χ0) is 10.9. The molecule has 0 radical (unpaired) electrons. The Morgan fingerprint density at radius 1 is 1.40 bits per heavy atom. The third-order valence-corrected chi connectivity index (χ3v) is 4.03. The smallest absolute Gasteiger partial charge is 0.314 e. The van der Waals surface area contributed by atoms with E-state index in [-0.39, 0.29) is 0 Å². The first kappa shape index (κ1) is 10.6. The van der Waals surface area contributed by atoms with Gasteiger partial charge in [0, 0.05) is 4.90 Å². The predicted octanol–water partition coefficient (Wildman–Crippen LogP) is 2.91. The fourth-order valence-corrected chi connectivity index (χ4v) is 2.87. The van der Waals surface area contributed by atoms with Gasteiger partial charge in [0.05, 0.1) is 5.41 Å². The van der Waals surface area contributed by atoms with Crippen LogP contribution in [0.2, 0.25) is 0 Å². The summed E-state index contributed by atoms with van der Waals surface area (Å²) in [4.78, 5) is 12.5. The number of carbonyl (C=O) groups is 1. The van der Waals surface area contributed by atoms with Crippen molar-refractivity contribution >= 4 is 17.7 Å². The molecule has 80 valence electrons. The fraction of sp³-hybridized carbons (Fsp3) is 0.417. The summed E-state index contributed by atoms with van der Waals surface area (Å²) in [6.07, 6.45) is 4.57. The molecule has 1 aliphatic carbocycles. The topological polar surface area (TPSA) is 37.3 Å². The zero-order valence-corrected chi connectivity index (χ0v) is 9.51. The van der Waals surface area contributed by atoms with Crippen molar-refractivity contribution in [2.24, 2.45) is 0 Å². The number of carboxylic acid groups (broad SMARTS) is 1. The van der Waals surface area contributed by atoms with E-state index in [1.807, 2.05) is 30.5 Å². The maximum absolute atomic E-state index is 11.4. The molecule has 0 heterocycles. The summed E-state index contributed by atoms with van der Waals surface area (Å²) in [5.74, 6) is -0.671. The van der Waals surface area contributed by atoms with E-state index in [0.29, 0.717) is 0 Å². The van der Waals surface area contributed by atoms with Crippen molar-refractivity contribution < 1.29 is 9.90 Å². The Morgan fingerprint density at radius 3 is 2.53 bits per heavy atom. The minimum Gasteiger partial charge on any atom is -0.481 e. The lowest BCUT2D eigenvalue weighted by atomic mass is 9.64. The Balaban J connectivity index is 2.47. The highest BCUT2D eigenvalue weighted by Crippen LogP contribution is 2.46. The van der Waals surface area contributed by atoms with Gasteiger partial charge in [-0.2, -0.15) is 0 Å². The maximum atomic E-state index is 11.4. The Hall–Kier alpha value is -0.960. The number of carboxylic acids is 1. The van der Waals surface area contributed by atoms with Gasteiger partial charge >= 0.3 is 5.97 Å². The van der Waals surface area contributed by atoms with Crippen LogP contribution in [0.15, 0.2) is 29.2 Å². The van der Waals surface area contributed by atoms with Crippen molar-refractivity contribution in [3.8, 4) is 0 Å². The lowest BCUT2D eigenvalue weighted by Crippen LogP contribution is -2.42. The van der Waals surface area contributed by atoms with Crippen LogP contribution in [-0.2, 0) is 10.2 Å². The lowest BCUT2D eigenvalue weighted by Gasteiger charge is -2.39. The molecule has 0 bridgehead atoms. The van der Waals surface area contributed by atoms with Gasteiger partial charge in [-0.25, -0.2) is 0 Å². The summed E-state index contributed by atoms with van der Waals surface area (Å²) >= 11 is 1.63. The van der Waals surface area contributed by atoms with Crippen LogP contribution in [0.1, 0.15) is 24.8 Å². The van der Waals surface area contributed by atoms with Gasteiger partial charge in [-0.1, -0.05) is 24.6 Å². The molecule has 1 fully saturated rings. The molecule has 0 unspecified atom stereocenters. The molecule has 0 atom stereocenters. The van der Waals surface area contributed by atoms with E-state index in [2.05, 4.69) is 0 Å². The first-order valence-corrected chi connectivity index (χ1v) is 6.30. The van der Waals surface area contributed by atoms with Crippen LogP contribution in [-0.4, -0.2) is 17.3 Å². The lowest BCUT2D eigenvalue weighted by molar-refractivity contribution is -0.147. The monoisotopic (exact) mass is 222 g/mol. The highest BCUT2D eigenvalue weighted by Gasteiger charge is 2.46. The summed E-state index contributed by atoms with van der Waals surface area (Å²) in [5.41, 5.74) is 0.399. The minimum atomic E-state index is -0.671. The van der Waals surface area contributed by atoms with E-state index in [1.165, 1.54) is 0 Å². The highest BCUT2D eigenvalue weighted by atomic mass is 32.2. The summed E-state index contributed by atoms with van der Waals surface area (Å²) in [6, 6.07) is 7.85. The third kappa shape index (κ3) is 1.55. The molecule has 0 amide bonds. The highest BCUT2D eigenvalue weighted by molar-refractivity contribution is 7.98. The predicted molar refractivity (Wildman–Crippen MR) is 61.4 cm³/mol. The Labute approximate surface area is 93.7 Å². The van der Waals surface area contributed by atoms with Crippen LogP contribution in [0, 0.1) is 0 Å². The Morgan fingerprint density at radius 2 is 2.07 bits per heavy atom. The second-order valence-electron chi connectivity index (χ2n) is 3.94. The van der Waals surface area contributed by atoms with Gasteiger partial charge in [0.15, 0.2) is 0 Å². The van der Waals surface area contributed by atoms with Crippen molar-refractivity contribution in [3.05, 3.63) is 29.8 Å². The second-order valence-corrected chi connectivity index (χ2v) is 4.79. The average molecular weight is 222 g/mol. The zero-order valence-electron chi connectivity index (χ0n) is 8.69. The molecule has 3 heteroatoms. The fourth-order valence-electron chi connectivity index (χ4n) is 2.17. The molecule has 0 aliphatic heterocycles. The Bertz CT molecular complexity index is 383. The molecular formula is C12H14O2S. The van der Waals surface area contributed by atoms with Gasteiger partial charge in [-0.3, -0.25) is 4.79 Å². The molecule has 0 saturated heterocycles. The van der Waals surface area contributed by atoms with Crippen molar-refractivity contribution in [1.29, 1.82) is 0 Å². The molecule has 1 aliphatic rings. The molecule has 2 nitrogen and oxygen atoms in total. The van der Waals surface area contributed by atoms with Crippen LogP contribution in [0.5, 0.6) is 0 Å². The standard InChI is InChI=1S/C12H14O2S/c1-15-10-6-3-2-5-9(10)12(11(13)14)7-4-8-12/h2-3,5-6H,4,7-8H2,1H3,(H,13,14). The molecule has 15 heavy (non-hydrogen) atoms. The van der Waals surface area contributed by atoms with Crippen molar-refractivity contribution in [3.63, 3.8) is 0 Å².